The molecule has 220 valence electrons. The summed E-state index contributed by atoms with van der Waals surface area (Å²) in [7, 11) is 0. The van der Waals surface area contributed by atoms with E-state index in [9.17, 15) is 9.59 Å². The van der Waals surface area contributed by atoms with Gasteiger partial charge in [-0.2, -0.15) is 0 Å². The Labute approximate surface area is 231 Å². The molecular formula is C33H64O4. The van der Waals surface area contributed by atoms with E-state index in [0.29, 0.717) is 26.1 Å². The molecule has 0 aliphatic heterocycles. The van der Waals surface area contributed by atoms with Crippen LogP contribution < -0.4 is 0 Å². The largest absolute Gasteiger partial charge is 0.466 e. The predicted octanol–water partition coefficient (Wildman–Crippen LogP) is 10.6. The van der Waals surface area contributed by atoms with Gasteiger partial charge in [0.2, 0.25) is 0 Å². The van der Waals surface area contributed by atoms with Crippen molar-refractivity contribution in [3.05, 3.63) is 0 Å². The van der Waals surface area contributed by atoms with E-state index in [4.69, 9.17) is 9.47 Å². The summed E-state index contributed by atoms with van der Waals surface area (Å²) in [6, 6.07) is 0. The first-order chi connectivity index (χ1) is 18.2. The summed E-state index contributed by atoms with van der Waals surface area (Å²) >= 11 is 0. The lowest BCUT2D eigenvalue weighted by molar-refractivity contribution is -0.144. The second-order valence-electron chi connectivity index (χ2n) is 11.1. The summed E-state index contributed by atoms with van der Waals surface area (Å²) in [6.45, 7) is 5.61. The quantitative estimate of drug-likeness (QED) is 0.0692. The lowest BCUT2D eigenvalue weighted by Crippen LogP contribution is -2.05. The molecule has 0 saturated heterocycles. The number of ether oxygens (including phenoxy) is 2. The van der Waals surface area contributed by atoms with Gasteiger partial charge in [-0.3, -0.25) is 9.59 Å². The topological polar surface area (TPSA) is 52.6 Å². The lowest BCUT2D eigenvalue weighted by Gasteiger charge is -2.05. The van der Waals surface area contributed by atoms with Crippen LogP contribution in [0, 0.1) is 0 Å². The molecule has 0 saturated carbocycles. The van der Waals surface area contributed by atoms with Crippen LogP contribution in [0.3, 0.4) is 0 Å². The molecule has 0 aliphatic carbocycles. The molecule has 4 nitrogen and oxygen atoms in total. The SMILES string of the molecule is CCCCCCOC(=O)CCCCCCCCCCCCCCCCCCCC(=O)OCCCCCC. The summed E-state index contributed by atoms with van der Waals surface area (Å²) in [4.78, 5) is 23.4. The van der Waals surface area contributed by atoms with Gasteiger partial charge in [0.1, 0.15) is 0 Å². The van der Waals surface area contributed by atoms with E-state index in [0.717, 1.165) is 38.5 Å². The first-order valence-corrected chi connectivity index (χ1v) is 16.5. The summed E-state index contributed by atoms with van der Waals surface area (Å²) in [5, 5.41) is 0. The van der Waals surface area contributed by atoms with E-state index in [-0.39, 0.29) is 11.9 Å². The number of esters is 2. The molecule has 0 spiro atoms. The van der Waals surface area contributed by atoms with Crippen molar-refractivity contribution < 1.29 is 19.1 Å². The lowest BCUT2D eigenvalue weighted by atomic mass is 10.0. The van der Waals surface area contributed by atoms with E-state index in [1.807, 2.05) is 0 Å². The highest BCUT2D eigenvalue weighted by Gasteiger charge is 2.03. The average Bonchev–Trinajstić information content (AvgIpc) is 2.89. The van der Waals surface area contributed by atoms with Crippen LogP contribution in [0.2, 0.25) is 0 Å². The van der Waals surface area contributed by atoms with Gasteiger partial charge >= 0.3 is 11.9 Å². The van der Waals surface area contributed by atoms with E-state index < -0.39 is 0 Å². The third kappa shape index (κ3) is 31.1. The van der Waals surface area contributed by atoms with Crippen molar-refractivity contribution in [1.29, 1.82) is 0 Å². The highest BCUT2D eigenvalue weighted by Crippen LogP contribution is 2.15. The van der Waals surface area contributed by atoms with Crippen LogP contribution in [-0.4, -0.2) is 25.2 Å². The highest BCUT2D eigenvalue weighted by molar-refractivity contribution is 5.69. The van der Waals surface area contributed by atoms with Gasteiger partial charge in [-0.05, 0) is 25.7 Å². The minimum atomic E-state index is -0.00110. The van der Waals surface area contributed by atoms with Gasteiger partial charge in [0.15, 0.2) is 0 Å². The van der Waals surface area contributed by atoms with Crippen LogP contribution in [0.25, 0.3) is 0 Å². The molecule has 0 N–H and O–H groups in total. The molecule has 0 fully saturated rings. The summed E-state index contributed by atoms with van der Waals surface area (Å²) in [5.74, 6) is -0.00220. The van der Waals surface area contributed by atoms with Crippen molar-refractivity contribution in [2.45, 2.75) is 187 Å². The summed E-state index contributed by atoms with van der Waals surface area (Å²) in [5.41, 5.74) is 0. The smallest absolute Gasteiger partial charge is 0.305 e. The van der Waals surface area contributed by atoms with Gasteiger partial charge < -0.3 is 9.47 Å². The highest BCUT2D eigenvalue weighted by atomic mass is 16.5. The van der Waals surface area contributed by atoms with E-state index >= 15 is 0 Å². The van der Waals surface area contributed by atoms with Crippen LogP contribution in [-0.2, 0) is 19.1 Å². The summed E-state index contributed by atoms with van der Waals surface area (Å²) in [6.07, 6.45) is 32.3. The van der Waals surface area contributed by atoms with Crippen LogP contribution in [0.15, 0.2) is 0 Å². The minimum Gasteiger partial charge on any atom is -0.466 e. The monoisotopic (exact) mass is 524 g/mol. The van der Waals surface area contributed by atoms with Crippen molar-refractivity contribution in [2.24, 2.45) is 0 Å². The second kappa shape index (κ2) is 31.2. The van der Waals surface area contributed by atoms with Crippen LogP contribution >= 0.6 is 0 Å². The fourth-order valence-electron chi connectivity index (χ4n) is 4.76. The van der Waals surface area contributed by atoms with Crippen molar-refractivity contribution in [1.82, 2.24) is 0 Å². The maximum Gasteiger partial charge on any atom is 0.305 e. The second-order valence-corrected chi connectivity index (χ2v) is 11.1. The van der Waals surface area contributed by atoms with Crippen molar-refractivity contribution >= 4 is 11.9 Å². The Hall–Kier alpha value is -1.06. The van der Waals surface area contributed by atoms with Gasteiger partial charge in [-0.25, -0.2) is 0 Å². The number of carbonyl (C=O) groups excluding carboxylic acids is 2. The van der Waals surface area contributed by atoms with E-state index in [2.05, 4.69) is 13.8 Å². The molecular weight excluding hydrogens is 460 g/mol. The third-order valence-electron chi connectivity index (χ3n) is 7.28. The van der Waals surface area contributed by atoms with Crippen LogP contribution in [0.4, 0.5) is 0 Å². The average molecular weight is 525 g/mol. The first kappa shape index (κ1) is 35.9. The van der Waals surface area contributed by atoms with E-state index in [1.54, 1.807) is 0 Å². The van der Waals surface area contributed by atoms with Gasteiger partial charge in [-0.1, -0.05) is 149 Å². The predicted molar refractivity (Wildman–Crippen MR) is 158 cm³/mol. The molecule has 0 bridgehead atoms. The number of hydrogen-bond donors (Lipinski definition) is 0. The van der Waals surface area contributed by atoms with Gasteiger partial charge in [0, 0.05) is 12.8 Å². The normalized spacial score (nSPS) is 11.1. The third-order valence-corrected chi connectivity index (χ3v) is 7.28. The molecule has 0 atom stereocenters. The fourth-order valence-corrected chi connectivity index (χ4v) is 4.76. The molecule has 0 amide bonds. The Kier molecular flexibility index (Phi) is 30.3. The Bertz CT molecular complexity index is 435. The number of rotatable bonds is 30. The number of unbranched alkanes of at least 4 members (excludes halogenated alkanes) is 22. The first-order valence-electron chi connectivity index (χ1n) is 16.5. The minimum absolute atomic E-state index is 0.00110. The van der Waals surface area contributed by atoms with Crippen molar-refractivity contribution in [2.75, 3.05) is 13.2 Å². The van der Waals surface area contributed by atoms with Gasteiger partial charge in [0.25, 0.3) is 0 Å². The molecule has 0 aliphatic rings. The van der Waals surface area contributed by atoms with E-state index in [1.165, 1.54) is 122 Å². The molecule has 0 unspecified atom stereocenters. The zero-order valence-corrected chi connectivity index (χ0v) is 25.1. The number of hydrogen-bond acceptors (Lipinski definition) is 4. The van der Waals surface area contributed by atoms with Crippen LogP contribution in [0.1, 0.15) is 187 Å². The molecule has 4 heteroatoms. The Morgan fingerprint density at radius 3 is 0.865 bits per heavy atom. The maximum absolute atomic E-state index is 11.7. The zero-order chi connectivity index (χ0) is 27.1. The summed E-state index contributed by atoms with van der Waals surface area (Å²) < 4.78 is 10.6. The Balaban J connectivity index is 3.16. The molecule has 0 rings (SSSR count). The molecule has 0 aromatic heterocycles. The zero-order valence-electron chi connectivity index (χ0n) is 25.1. The van der Waals surface area contributed by atoms with Crippen molar-refractivity contribution in [3.63, 3.8) is 0 Å². The molecule has 37 heavy (non-hydrogen) atoms. The van der Waals surface area contributed by atoms with Crippen LogP contribution in [0.5, 0.6) is 0 Å². The standard InChI is InChI=1S/C33H64O4/c1-3-5-7-26-30-36-32(34)28-24-22-20-18-16-14-12-10-9-11-13-15-17-19-21-23-25-29-33(35)37-31-27-8-6-4-2/h3-31H2,1-2H3. The van der Waals surface area contributed by atoms with Gasteiger partial charge in [-0.15, -0.1) is 0 Å². The van der Waals surface area contributed by atoms with Gasteiger partial charge in [0.05, 0.1) is 13.2 Å². The maximum atomic E-state index is 11.7. The van der Waals surface area contributed by atoms with Crippen molar-refractivity contribution in [3.8, 4) is 0 Å². The Morgan fingerprint density at radius 2 is 0.595 bits per heavy atom. The molecule has 0 heterocycles. The fraction of sp³-hybridized carbons (Fsp3) is 0.939. The number of carbonyl (C=O) groups is 2. The molecule has 0 aromatic carbocycles. The Morgan fingerprint density at radius 1 is 0.351 bits per heavy atom. The molecule has 0 radical (unpaired) electrons. The molecule has 0 aromatic rings.